The fourth-order valence-electron chi connectivity index (χ4n) is 3.34. The van der Waals surface area contributed by atoms with Crippen LogP contribution < -0.4 is 0 Å². The van der Waals surface area contributed by atoms with Gasteiger partial charge in [0.05, 0.1) is 24.7 Å². The lowest BCUT2D eigenvalue weighted by atomic mass is 9.87. The highest BCUT2D eigenvalue weighted by Gasteiger charge is 2.44. The molecule has 5 atom stereocenters. The van der Waals surface area contributed by atoms with Gasteiger partial charge in [-0.1, -0.05) is 33.6 Å². The van der Waals surface area contributed by atoms with Crippen molar-refractivity contribution in [2.75, 3.05) is 6.61 Å². The van der Waals surface area contributed by atoms with Crippen LogP contribution >= 0.6 is 0 Å². The summed E-state index contributed by atoms with van der Waals surface area (Å²) < 4.78 is 11.1. The third-order valence-corrected chi connectivity index (χ3v) is 4.84. The van der Waals surface area contributed by atoms with E-state index in [2.05, 4.69) is 13.8 Å². The minimum atomic E-state index is -0.000797. The van der Waals surface area contributed by atoms with Crippen LogP contribution in [0.5, 0.6) is 0 Å². The normalized spacial score (nSPS) is 32.3. The molecule has 1 heterocycles. The molecule has 2 aliphatic rings. The molecule has 1 aliphatic carbocycles. The molecule has 0 N–H and O–H groups in total. The van der Waals surface area contributed by atoms with E-state index in [0.717, 1.165) is 38.5 Å². The molecule has 0 radical (unpaired) electrons. The first-order chi connectivity index (χ1) is 9.15. The van der Waals surface area contributed by atoms with Crippen molar-refractivity contribution in [3.63, 3.8) is 0 Å². The Morgan fingerprint density at radius 1 is 1.32 bits per heavy atom. The number of hydrogen-bond donors (Lipinski definition) is 0. The lowest BCUT2D eigenvalue weighted by molar-refractivity contribution is -0.151. The molecule has 0 aromatic heterocycles. The summed E-state index contributed by atoms with van der Waals surface area (Å²) in [6.45, 7) is 6.95. The van der Waals surface area contributed by atoms with Gasteiger partial charge in [-0.2, -0.15) is 0 Å². The van der Waals surface area contributed by atoms with E-state index in [0.29, 0.717) is 30.7 Å². The van der Waals surface area contributed by atoms with E-state index in [1.54, 1.807) is 0 Å². The fraction of sp³-hybridized carbons (Fsp3) is 0.938. The summed E-state index contributed by atoms with van der Waals surface area (Å²) in [4.78, 5) is 12.1. The minimum Gasteiger partial charge on any atom is -0.465 e. The van der Waals surface area contributed by atoms with Gasteiger partial charge < -0.3 is 9.47 Å². The van der Waals surface area contributed by atoms with Crippen LogP contribution in [-0.4, -0.2) is 24.8 Å². The summed E-state index contributed by atoms with van der Waals surface area (Å²) in [5.41, 5.74) is 0. The maximum absolute atomic E-state index is 12.1. The third kappa shape index (κ3) is 3.95. The zero-order valence-electron chi connectivity index (χ0n) is 12.6. The van der Waals surface area contributed by atoms with Crippen molar-refractivity contribution in [2.24, 2.45) is 17.8 Å². The lowest BCUT2D eigenvalue weighted by Crippen LogP contribution is -2.26. The van der Waals surface area contributed by atoms with Crippen LogP contribution in [0.2, 0.25) is 0 Å². The predicted octanol–water partition coefficient (Wildman–Crippen LogP) is 3.56. The first kappa shape index (κ1) is 14.8. The molecule has 0 aromatic rings. The molecule has 3 nitrogen and oxygen atoms in total. The molecule has 0 bridgehead atoms. The highest BCUT2D eigenvalue weighted by atomic mass is 16.6. The summed E-state index contributed by atoms with van der Waals surface area (Å²) in [6, 6.07) is 0. The van der Waals surface area contributed by atoms with E-state index in [4.69, 9.17) is 9.47 Å². The largest absolute Gasteiger partial charge is 0.465 e. The van der Waals surface area contributed by atoms with Gasteiger partial charge in [0.15, 0.2) is 0 Å². The van der Waals surface area contributed by atoms with Gasteiger partial charge >= 0.3 is 5.97 Å². The van der Waals surface area contributed by atoms with Crippen molar-refractivity contribution in [3.8, 4) is 0 Å². The molecule has 3 heteroatoms. The second-order valence-electron chi connectivity index (χ2n) is 6.27. The van der Waals surface area contributed by atoms with E-state index in [9.17, 15) is 4.79 Å². The van der Waals surface area contributed by atoms with Crippen LogP contribution in [0.3, 0.4) is 0 Å². The number of carbonyl (C=O) groups excluding carboxylic acids is 1. The highest BCUT2D eigenvalue weighted by molar-refractivity contribution is 5.72. The second kappa shape index (κ2) is 6.74. The van der Waals surface area contributed by atoms with Gasteiger partial charge in [-0.3, -0.25) is 4.79 Å². The summed E-state index contributed by atoms with van der Waals surface area (Å²) in [7, 11) is 0. The first-order valence-electron chi connectivity index (χ1n) is 7.97. The second-order valence-corrected chi connectivity index (χ2v) is 6.27. The number of rotatable bonds is 7. The Kier molecular flexibility index (Phi) is 5.26. The van der Waals surface area contributed by atoms with E-state index in [-0.39, 0.29) is 11.9 Å². The van der Waals surface area contributed by atoms with Crippen LogP contribution in [-0.2, 0) is 14.3 Å². The van der Waals surface area contributed by atoms with Crippen molar-refractivity contribution in [2.45, 2.75) is 71.5 Å². The monoisotopic (exact) mass is 268 g/mol. The molecule has 1 aliphatic heterocycles. The van der Waals surface area contributed by atoms with Crippen LogP contribution in [0.25, 0.3) is 0 Å². The van der Waals surface area contributed by atoms with Crippen molar-refractivity contribution in [1.29, 1.82) is 0 Å². The standard InChI is InChI=1S/C16H28O3/c1-4-6-13(5-2)11(3)16(17)18-10-12-7-8-14-15(9-12)19-14/h11-15H,4-10H2,1-3H3. The van der Waals surface area contributed by atoms with Crippen LogP contribution in [0.4, 0.5) is 0 Å². The first-order valence-corrected chi connectivity index (χ1v) is 7.97. The Morgan fingerprint density at radius 3 is 2.74 bits per heavy atom. The molecule has 1 saturated heterocycles. The average molecular weight is 268 g/mol. The molecular formula is C16H28O3. The number of esters is 1. The van der Waals surface area contributed by atoms with E-state index >= 15 is 0 Å². The highest BCUT2D eigenvalue weighted by Crippen LogP contribution is 2.39. The summed E-state index contributed by atoms with van der Waals surface area (Å²) in [6.07, 6.45) is 7.69. The average Bonchev–Trinajstić information content (AvgIpc) is 3.19. The number of ether oxygens (including phenoxy) is 2. The molecule has 2 fully saturated rings. The fourth-order valence-corrected chi connectivity index (χ4v) is 3.34. The lowest BCUT2D eigenvalue weighted by Gasteiger charge is -2.23. The Hall–Kier alpha value is -0.570. The van der Waals surface area contributed by atoms with Gasteiger partial charge in [0.25, 0.3) is 0 Å². The summed E-state index contributed by atoms with van der Waals surface area (Å²) in [5.74, 6) is 1.03. The van der Waals surface area contributed by atoms with E-state index in [1.807, 2.05) is 6.92 Å². The molecule has 5 unspecified atom stereocenters. The van der Waals surface area contributed by atoms with Gasteiger partial charge in [-0.05, 0) is 37.5 Å². The quantitative estimate of drug-likeness (QED) is 0.523. The molecule has 0 spiro atoms. The number of hydrogen-bond acceptors (Lipinski definition) is 3. The maximum atomic E-state index is 12.1. The Labute approximate surface area is 117 Å². The molecule has 19 heavy (non-hydrogen) atoms. The Bertz CT molecular complexity index is 302. The van der Waals surface area contributed by atoms with E-state index in [1.165, 1.54) is 0 Å². The van der Waals surface area contributed by atoms with Crippen LogP contribution in [0.1, 0.15) is 59.3 Å². The Morgan fingerprint density at radius 2 is 2.11 bits per heavy atom. The zero-order valence-corrected chi connectivity index (χ0v) is 12.6. The SMILES string of the molecule is CCCC(CC)C(C)C(=O)OCC1CCC2OC2C1. The number of fused-ring (bicyclic) bond motifs is 1. The molecule has 1 saturated carbocycles. The minimum absolute atomic E-state index is 0.000797. The van der Waals surface area contributed by atoms with Crippen molar-refractivity contribution >= 4 is 5.97 Å². The summed E-state index contributed by atoms with van der Waals surface area (Å²) >= 11 is 0. The molecule has 2 rings (SSSR count). The molecule has 110 valence electrons. The number of epoxide rings is 1. The van der Waals surface area contributed by atoms with Crippen molar-refractivity contribution < 1.29 is 14.3 Å². The molecule has 0 aromatic carbocycles. The maximum Gasteiger partial charge on any atom is 0.308 e. The number of carbonyl (C=O) groups is 1. The predicted molar refractivity (Wildman–Crippen MR) is 74.8 cm³/mol. The zero-order chi connectivity index (χ0) is 13.8. The summed E-state index contributed by atoms with van der Waals surface area (Å²) in [5, 5.41) is 0. The van der Waals surface area contributed by atoms with Gasteiger partial charge in [-0.25, -0.2) is 0 Å². The van der Waals surface area contributed by atoms with E-state index < -0.39 is 0 Å². The molecular weight excluding hydrogens is 240 g/mol. The van der Waals surface area contributed by atoms with Crippen molar-refractivity contribution in [3.05, 3.63) is 0 Å². The van der Waals surface area contributed by atoms with Gasteiger partial charge in [0, 0.05) is 0 Å². The van der Waals surface area contributed by atoms with Crippen LogP contribution in [0.15, 0.2) is 0 Å². The van der Waals surface area contributed by atoms with Gasteiger partial charge in [0.2, 0.25) is 0 Å². The topological polar surface area (TPSA) is 38.8 Å². The van der Waals surface area contributed by atoms with Gasteiger partial charge in [-0.15, -0.1) is 0 Å². The smallest absolute Gasteiger partial charge is 0.308 e. The van der Waals surface area contributed by atoms with Crippen LogP contribution in [0, 0.1) is 17.8 Å². The van der Waals surface area contributed by atoms with Gasteiger partial charge in [0.1, 0.15) is 0 Å². The third-order valence-electron chi connectivity index (χ3n) is 4.84. The van der Waals surface area contributed by atoms with Crippen molar-refractivity contribution in [1.82, 2.24) is 0 Å². The molecule has 0 amide bonds. The Balaban J connectivity index is 1.70.